The average Bonchev–Trinajstić information content (AvgIpc) is 3.08. The first-order valence-corrected chi connectivity index (χ1v) is 6.44. The van der Waals surface area contributed by atoms with Crippen LogP contribution in [0.3, 0.4) is 0 Å². The van der Waals surface area contributed by atoms with Crippen LogP contribution in [-0.2, 0) is 12.8 Å². The number of aryl methyl sites for hydroxylation is 3. The molecule has 0 saturated carbocycles. The van der Waals surface area contributed by atoms with E-state index in [1.165, 1.54) is 12.3 Å². The molecule has 7 nitrogen and oxygen atoms in total. The zero-order chi connectivity index (χ0) is 14.7. The highest BCUT2D eigenvalue weighted by atomic mass is 19.1. The summed E-state index contributed by atoms with van der Waals surface area (Å²) in [6, 6.07) is 2.88. The third kappa shape index (κ3) is 3.28. The summed E-state index contributed by atoms with van der Waals surface area (Å²) in [5.41, 5.74) is 0.532. The molecular formula is C13H12FN5O2. The number of rotatable bonds is 5. The minimum atomic E-state index is -0.578. The molecule has 0 bridgehead atoms. The monoisotopic (exact) mass is 289 g/mol. The fourth-order valence-electron chi connectivity index (χ4n) is 1.85. The van der Waals surface area contributed by atoms with Crippen molar-refractivity contribution in [3.8, 4) is 11.4 Å². The zero-order valence-electron chi connectivity index (χ0n) is 11.3. The lowest BCUT2D eigenvalue weighted by molar-refractivity contribution is 0.358. The van der Waals surface area contributed by atoms with Gasteiger partial charge in [-0.15, -0.1) is 0 Å². The van der Waals surface area contributed by atoms with Crippen LogP contribution in [0.1, 0.15) is 24.0 Å². The Morgan fingerprint density at radius 3 is 2.57 bits per heavy atom. The second-order valence-electron chi connectivity index (χ2n) is 4.47. The summed E-state index contributed by atoms with van der Waals surface area (Å²) in [6.07, 6.45) is 3.33. The molecule has 0 atom stereocenters. The van der Waals surface area contributed by atoms with Gasteiger partial charge in [0.2, 0.25) is 23.6 Å². The summed E-state index contributed by atoms with van der Waals surface area (Å²) >= 11 is 0. The molecule has 3 heterocycles. The topological polar surface area (TPSA) is 90.7 Å². The van der Waals surface area contributed by atoms with E-state index in [0.29, 0.717) is 41.8 Å². The van der Waals surface area contributed by atoms with Crippen LogP contribution in [0.5, 0.6) is 0 Å². The minimum absolute atomic E-state index is 0.347. The molecule has 3 aromatic heterocycles. The molecule has 0 saturated heterocycles. The third-order valence-electron chi connectivity index (χ3n) is 2.80. The first-order chi connectivity index (χ1) is 10.2. The van der Waals surface area contributed by atoms with Gasteiger partial charge < -0.3 is 9.05 Å². The Morgan fingerprint density at radius 1 is 1.10 bits per heavy atom. The lowest BCUT2D eigenvalue weighted by Crippen LogP contribution is -1.91. The summed E-state index contributed by atoms with van der Waals surface area (Å²) in [4.78, 5) is 11.8. The SMILES string of the molecule is Cc1noc(CCCc2nc(-c3ccnc(F)c3)no2)n1. The Balaban J connectivity index is 1.60. The summed E-state index contributed by atoms with van der Waals surface area (Å²) < 4.78 is 23.2. The van der Waals surface area contributed by atoms with E-state index in [0.717, 1.165) is 6.42 Å². The Labute approximate surface area is 119 Å². The van der Waals surface area contributed by atoms with Crippen LogP contribution in [-0.4, -0.2) is 25.3 Å². The summed E-state index contributed by atoms with van der Waals surface area (Å²) in [7, 11) is 0. The molecule has 0 amide bonds. The van der Waals surface area contributed by atoms with Gasteiger partial charge in [-0.1, -0.05) is 10.3 Å². The first-order valence-electron chi connectivity index (χ1n) is 6.44. The van der Waals surface area contributed by atoms with Gasteiger partial charge >= 0.3 is 0 Å². The smallest absolute Gasteiger partial charge is 0.226 e. The van der Waals surface area contributed by atoms with Crippen LogP contribution < -0.4 is 0 Å². The van der Waals surface area contributed by atoms with E-state index in [4.69, 9.17) is 9.05 Å². The number of hydrogen-bond donors (Lipinski definition) is 0. The van der Waals surface area contributed by atoms with Gasteiger partial charge in [0.15, 0.2) is 5.82 Å². The van der Waals surface area contributed by atoms with E-state index in [2.05, 4.69) is 25.3 Å². The fraction of sp³-hybridized carbons (Fsp3) is 0.308. The summed E-state index contributed by atoms with van der Waals surface area (Å²) in [5, 5.41) is 7.54. The van der Waals surface area contributed by atoms with Gasteiger partial charge in [-0.3, -0.25) is 0 Å². The van der Waals surface area contributed by atoms with E-state index in [9.17, 15) is 4.39 Å². The number of nitrogens with zero attached hydrogens (tertiary/aromatic N) is 5. The maximum absolute atomic E-state index is 13.0. The van der Waals surface area contributed by atoms with Crippen molar-refractivity contribution in [1.29, 1.82) is 0 Å². The van der Waals surface area contributed by atoms with E-state index in [1.54, 1.807) is 13.0 Å². The van der Waals surface area contributed by atoms with Gasteiger partial charge in [0.1, 0.15) is 0 Å². The number of hydrogen-bond acceptors (Lipinski definition) is 7. The highest BCUT2D eigenvalue weighted by molar-refractivity contribution is 5.52. The zero-order valence-corrected chi connectivity index (χ0v) is 11.3. The molecule has 0 N–H and O–H groups in total. The Kier molecular flexibility index (Phi) is 3.67. The van der Waals surface area contributed by atoms with Crippen molar-refractivity contribution in [2.75, 3.05) is 0 Å². The molecule has 0 aliphatic rings. The van der Waals surface area contributed by atoms with Crippen LogP contribution in [0.2, 0.25) is 0 Å². The van der Waals surface area contributed by atoms with Gasteiger partial charge in [0.05, 0.1) is 0 Å². The molecule has 3 aromatic rings. The van der Waals surface area contributed by atoms with Crippen LogP contribution in [0.15, 0.2) is 27.4 Å². The van der Waals surface area contributed by atoms with Crippen LogP contribution >= 0.6 is 0 Å². The fourth-order valence-corrected chi connectivity index (χ4v) is 1.85. The predicted molar refractivity (Wildman–Crippen MR) is 68.5 cm³/mol. The van der Waals surface area contributed by atoms with Gasteiger partial charge in [-0.2, -0.15) is 14.4 Å². The highest BCUT2D eigenvalue weighted by Crippen LogP contribution is 2.16. The van der Waals surface area contributed by atoms with Crippen molar-refractivity contribution >= 4 is 0 Å². The van der Waals surface area contributed by atoms with Gasteiger partial charge in [0.25, 0.3) is 0 Å². The summed E-state index contributed by atoms with van der Waals surface area (Å²) in [6.45, 7) is 1.77. The van der Waals surface area contributed by atoms with Gasteiger partial charge in [-0.25, -0.2) is 4.98 Å². The van der Waals surface area contributed by atoms with Crippen LogP contribution in [0.25, 0.3) is 11.4 Å². The van der Waals surface area contributed by atoms with Crippen molar-refractivity contribution in [1.82, 2.24) is 25.3 Å². The molecule has 0 fully saturated rings. The molecule has 21 heavy (non-hydrogen) atoms. The standard InChI is InChI=1S/C13H12FN5O2/c1-8-16-11(20-18-8)3-2-4-12-17-13(19-21-12)9-5-6-15-10(14)7-9/h5-7H,2-4H2,1H3. The Morgan fingerprint density at radius 2 is 1.86 bits per heavy atom. The first kappa shape index (κ1) is 13.3. The van der Waals surface area contributed by atoms with Gasteiger partial charge in [-0.05, 0) is 19.4 Å². The van der Waals surface area contributed by atoms with Crippen molar-refractivity contribution < 1.29 is 13.4 Å². The van der Waals surface area contributed by atoms with E-state index < -0.39 is 5.95 Å². The Bertz CT molecular complexity index is 740. The number of pyridine rings is 1. The van der Waals surface area contributed by atoms with E-state index in [1.807, 2.05) is 0 Å². The van der Waals surface area contributed by atoms with Gasteiger partial charge in [0, 0.05) is 30.7 Å². The molecule has 0 radical (unpaired) electrons. The van der Waals surface area contributed by atoms with E-state index >= 15 is 0 Å². The van der Waals surface area contributed by atoms with E-state index in [-0.39, 0.29) is 0 Å². The molecule has 108 valence electrons. The Hall–Kier alpha value is -2.64. The van der Waals surface area contributed by atoms with Crippen molar-refractivity contribution in [3.05, 3.63) is 41.9 Å². The summed E-state index contributed by atoms with van der Waals surface area (Å²) in [5.74, 6) is 1.46. The number of aromatic nitrogens is 5. The molecule has 0 spiro atoms. The van der Waals surface area contributed by atoms with Crippen molar-refractivity contribution in [2.45, 2.75) is 26.2 Å². The predicted octanol–water partition coefficient (Wildman–Crippen LogP) is 2.14. The normalized spacial score (nSPS) is 11.0. The largest absolute Gasteiger partial charge is 0.339 e. The van der Waals surface area contributed by atoms with Crippen LogP contribution in [0, 0.1) is 12.9 Å². The molecule has 0 aliphatic heterocycles. The van der Waals surface area contributed by atoms with Crippen molar-refractivity contribution in [3.63, 3.8) is 0 Å². The average molecular weight is 289 g/mol. The maximum atomic E-state index is 13.0. The lowest BCUT2D eigenvalue weighted by Gasteiger charge is -1.93. The molecular weight excluding hydrogens is 277 g/mol. The quantitative estimate of drug-likeness (QED) is 0.664. The molecule has 0 aromatic carbocycles. The second-order valence-corrected chi connectivity index (χ2v) is 4.47. The number of halogens is 1. The molecule has 3 rings (SSSR count). The molecule has 0 unspecified atom stereocenters. The maximum Gasteiger partial charge on any atom is 0.226 e. The lowest BCUT2D eigenvalue weighted by atomic mass is 10.2. The highest BCUT2D eigenvalue weighted by Gasteiger charge is 2.10. The van der Waals surface area contributed by atoms with Crippen molar-refractivity contribution in [2.24, 2.45) is 0 Å². The van der Waals surface area contributed by atoms with Crippen LogP contribution in [0.4, 0.5) is 4.39 Å². The molecule has 0 aliphatic carbocycles. The minimum Gasteiger partial charge on any atom is -0.339 e. The second kappa shape index (κ2) is 5.78. The third-order valence-corrected chi connectivity index (χ3v) is 2.80. The molecule has 8 heteroatoms.